The number of hydrogen-bond acceptors (Lipinski definition) is 10. The zero-order valence-electron chi connectivity index (χ0n) is 26.9. The summed E-state index contributed by atoms with van der Waals surface area (Å²) >= 11 is 0. The van der Waals surface area contributed by atoms with Crippen molar-refractivity contribution in [2.45, 2.75) is 85.2 Å². The second-order valence-electron chi connectivity index (χ2n) is 9.63. The van der Waals surface area contributed by atoms with Crippen LogP contribution >= 0.6 is 0 Å². The van der Waals surface area contributed by atoms with Crippen LogP contribution in [0.25, 0.3) is 5.70 Å². The van der Waals surface area contributed by atoms with Crippen LogP contribution in [0.2, 0.25) is 0 Å². The number of methoxy groups -OCH3 is 1. The number of hydrogen-bond donors (Lipinski definition) is 3. The van der Waals surface area contributed by atoms with Crippen LogP contribution < -0.4 is 16.9 Å². The van der Waals surface area contributed by atoms with Gasteiger partial charge in [-0.05, 0) is 63.2 Å². The van der Waals surface area contributed by atoms with Crippen LogP contribution in [0.1, 0.15) is 89.6 Å². The first-order valence-electron chi connectivity index (χ1n) is 14.8. The number of aromatic nitrogens is 1. The third-order valence-corrected chi connectivity index (χ3v) is 6.49. The number of nitrogens with zero attached hydrogens (tertiary/aromatic N) is 3. The molecular formula is C30H56N6O5. The fraction of sp³-hybridized carbons (Fsp3) is 0.700. The van der Waals surface area contributed by atoms with Crippen molar-refractivity contribution in [3.63, 3.8) is 0 Å². The molecule has 2 unspecified atom stereocenters. The van der Waals surface area contributed by atoms with E-state index in [4.69, 9.17) is 30.8 Å². The molecule has 1 aliphatic heterocycles. The van der Waals surface area contributed by atoms with Gasteiger partial charge in [0, 0.05) is 32.9 Å². The molecule has 0 bridgehead atoms. The summed E-state index contributed by atoms with van der Waals surface area (Å²) in [6.07, 6.45) is 4.01. The van der Waals surface area contributed by atoms with Gasteiger partial charge in [-0.25, -0.2) is 10.6 Å². The summed E-state index contributed by atoms with van der Waals surface area (Å²) in [4.78, 5) is 30.2. The lowest BCUT2D eigenvalue weighted by Gasteiger charge is -2.30. The average molecular weight is 581 g/mol. The second kappa shape index (κ2) is 21.8. The van der Waals surface area contributed by atoms with Crippen molar-refractivity contribution in [2.24, 2.45) is 11.6 Å². The largest absolute Gasteiger partial charge is 0.469 e. The number of nitrogens with one attached hydrogen (secondary N) is 1. The topological polar surface area (TPSA) is 145 Å². The molecule has 5 N–H and O–H groups in total. The van der Waals surface area contributed by atoms with Gasteiger partial charge in [0.15, 0.2) is 0 Å². The number of likely N-dealkylation sites (N-methyl/N-ethyl adjacent to an activating group) is 1. The van der Waals surface area contributed by atoms with Crippen LogP contribution in [0.15, 0.2) is 17.8 Å². The highest BCUT2D eigenvalue weighted by Gasteiger charge is 2.28. The predicted molar refractivity (Wildman–Crippen MR) is 165 cm³/mol. The molecular weight excluding hydrogens is 524 g/mol. The first-order valence-corrected chi connectivity index (χ1v) is 14.8. The third-order valence-electron chi connectivity index (χ3n) is 6.49. The Balaban J connectivity index is 0.00000205. The number of ether oxygens (including phenoxy) is 3. The number of aryl methyl sites for hydroxylation is 1. The molecule has 0 spiro atoms. The van der Waals surface area contributed by atoms with E-state index in [1.54, 1.807) is 14.1 Å². The first-order chi connectivity index (χ1) is 19.6. The normalized spacial score (nSPS) is 16.6. The van der Waals surface area contributed by atoms with E-state index in [-0.39, 0.29) is 31.0 Å². The maximum absolute atomic E-state index is 12.2. The van der Waals surface area contributed by atoms with Gasteiger partial charge < -0.3 is 35.2 Å². The Labute approximate surface area is 247 Å². The molecule has 1 aliphatic rings. The van der Waals surface area contributed by atoms with Crippen LogP contribution in [0, 0.1) is 0 Å². The number of hydrazine groups is 1. The summed E-state index contributed by atoms with van der Waals surface area (Å²) in [6.45, 7) is 12.4. The van der Waals surface area contributed by atoms with Gasteiger partial charge in [-0.1, -0.05) is 40.7 Å². The zero-order valence-corrected chi connectivity index (χ0v) is 26.9. The van der Waals surface area contributed by atoms with Gasteiger partial charge in [-0.3, -0.25) is 9.78 Å². The minimum atomic E-state index is -0.437. The van der Waals surface area contributed by atoms with E-state index in [1.165, 1.54) is 23.4 Å². The van der Waals surface area contributed by atoms with Gasteiger partial charge in [0.1, 0.15) is 6.61 Å². The molecule has 0 radical (unpaired) electrons. The van der Waals surface area contributed by atoms with Gasteiger partial charge >= 0.3 is 12.1 Å². The molecule has 236 valence electrons. The minimum absolute atomic E-state index is 0.0637. The molecule has 0 aliphatic carbocycles. The lowest BCUT2D eigenvalue weighted by atomic mass is 9.86. The summed E-state index contributed by atoms with van der Waals surface area (Å²) in [5.74, 6) is 5.95. The first kappa shape index (κ1) is 38.1. The Morgan fingerprint density at radius 1 is 1.17 bits per heavy atom. The fourth-order valence-corrected chi connectivity index (χ4v) is 4.33. The molecule has 2 atom stereocenters. The van der Waals surface area contributed by atoms with Gasteiger partial charge in [-0.2, -0.15) is 0 Å². The van der Waals surface area contributed by atoms with Gasteiger partial charge in [-0.15, -0.1) is 0 Å². The van der Waals surface area contributed by atoms with Crippen LogP contribution in [-0.4, -0.2) is 87.6 Å². The highest BCUT2D eigenvalue weighted by molar-refractivity contribution is 5.70. The van der Waals surface area contributed by atoms with Crippen molar-refractivity contribution in [2.75, 3.05) is 54.6 Å². The summed E-state index contributed by atoms with van der Waals surface area (Å²) in [6, 6.07) is 3.90. The number of carbonyl (C=O) groups is 2. The van der Waals surface area contributed by atoms with Crippen LogP contribution in [0.5, 0.6) is 0 Å². The van der Waals surface area contributed by atoms with Crippen LogP contribution in [0.3, 0.4) is 0 Å². The van der Waals surface area contributed by atoms with Crippen LogP contribution in [-0.2, 0) is 25.4 Å². The number of rotatable bonds is 12. The zero-order chi connectivity index (χ0) is 31.4. The molecule has 0 aromatic carbocycles. The summed E-state index contributed by atoms with van der Waals surface area (Å²) in [5, 5.41) is 4.36. The molecule has 1 saturated heterocycles. The Hall–Kier alpha value is -2.89. The van der Waals surface area contributed by atoms with Crippen molar-refractivity contribution in [3.8, 4) is 0 Å². The Morgan fingerprint density at radius 3 is 2.37 bits per heavy atom. The predicted octanol–water partition coefficient (Wildman–Crippen LogP) is 4.02. The molecule has 2 heterocycles. The van der Waals surface area contributed by atoms with Crippen molar-refractivity contribution < 1.29 is 23.8 Å². The lowest BCUT2D eigenvalue weighted by molar-refractivity contribution is -0.144. The van der Waals surface area contributed by atoms with Gasteiger partial charge in [0.2, 0.25) is 0 Å². The van der Waals surface area contributed by atoms with Crippen LogP contribution in [0.4, 0.5) is 4.79 Å². The number of nitrogens with two attached hydrogens (primary N) is 2. The van der Waals surface area contributed by atoms with E-state index in [2.05, 4.69) is 12.2 Å². The summed E-state index contributed by atoms with van der Waals surface area (Å²) in [5.41, 5.74) is 9.88. The molecule has 11 nitrogen and oxygen atoms in total. The Bertz CT molecular complexity index is 923. The van der Waals surface area contributed by atoms with E-state index in [1.807, 2.05) is 46.9 Å². The second-order valence-corrected chi connectivity index (χ2v) is 9.63. The highest BCUT2D eigenvalue weighted by atomic mass is 16.6. The minimum Gasteiger partial charge on any atom is -0.469 e. The molecule has 1 aromatic heterocycles. The molecule has 1 fully saturated rings. The summed E-state index contributed by atoms with van der Waals surface area (Å²) in [7, 11) is 6.67. The van der Waals surface area contributed by atoms with Gasteiger partial charge in [0.25, 0.3) is 0 Å². The smallest absolute Gasteiger partial charge is 0.409 e. The quantitative estimate of drug-likeness (QED) is 0.188. The van der Waals surface area contributed by atoms with E-state index in [0.29, 0.717) is 30.2 Å². The molecule has 41 heavy (non-hydrogen) atoms. The van der Waals surface area contributed by atoms with Crippen molar-refractivity contribution in [3.05, 3.63) is 34.8 Å². The Kier molecular flexibility index (Phi) is 20.3. The standard InChI is InChI=1S/C24H39N5O5.C4H11N.C2H6/c1-6-11-28(3)24(31)34-15-21(29(4)26)23(25)20-9-8-18(19(7-2)27-20)16-10-12-33-17(13-16)14-22(30)32-5;1-3-4-5-2;1-2/h8-9,16-17H,6-7,10-15,25-26H2,1-5H3;5H,3-4H2,1-2H3;1-2H3/b23-21-;;. The van der Waals surface area contributed by atoms with E-state index < -0.39 is 6.09 Å². The molecule has 1 aromatic rings. The SMILES string of the molecule is CC.CCCN(C)C(=O)OC/C(=C(/N)c1ccc(C2CCOC(CC(=O)OC)C2)c(CC)n1)N(C)N.CCCNC. The Morgan fingerprint density at radius 2 is 1.85 bits per heavy atom. The monoisotopic (exact) mass is 580 g/mol. The van der Waals surface area contributed by atoms with Crippen molar-refractivity contribution in [1.82, 2.24) is 20.2 Å². The third kappa shape index (κ3) is 13.5. The van der Waals surface area contributed by atoms with E-state index in [0.717, 1.165) is 43.5 Å². The number of carbonyl (C=O) groups excluding carboxylic acids is 2. The molecule has 11 heteroatoms. The molecule has 0 saturated carbocycles. The molecule has 1 amide bonds. The van der Waals surface area contributed by atoms with Crippen molar-refractivity contribution in [1.29, 1.82) is 0 Å². The van der Waals surface area contributed by atoms with E-state index in [9.17, 15) is 9.59 Å². The average Bonchev–Trinajstić information content (AvgIpc) is 2.98. The van der Waals surface area contributed by atoms with Gasteiger partial charge in [0.05, 0.1) is 36.7 Å². The summed E-state index contributed by atoms with van der Waals surface area (Å²) < 4.78 is 15.9. The number of amides is 1. The fourth-order valence-electron chi connectivity index (χ4n) is 4.33. The maximum atomic E-state index is 12.2. The van der Waals surface area contributed by atoms with Crippen molar-refractivity contribution >= 4 is 17.8 Å². The maximum Gasteiger partial charge on any atom is 0.409 e. The highest BCUT2D eigenvalue weighted by Crippen LogP contribution is 2.33. The molecule has 2 rings (SSSR count). The number of pyridine rings is 1. The number of esters is 1. The lowest BCUT2D eigenvalue weighted by Crippen LogP contribution is -2.34. The van der Waals surface area contributed by atoms with E-state index >= 15 is 0 Å².